The Labute approximate surface area is 319 Å². The fourth-order valence-electron chi connectivity index (χ4n) is 6.86. The summed E-state index contributed by atoms with van der Waals surface area (Å²) in [7, 11) is 0. The van der Waals surface area contributed by atoms with Gasteiger partial charge in [0.25, 0.3) is 0 Å². The van der Waals surface area contributed by atoms with Crippen LogP contribution in [0.15, 0.2) is 36.5 Å². The van der Waals surface area contributed by atoms with Crippen LogP contribution in [0.25, 0.3) is 0 Å². The smallest absolute Gasteiger partial charge is 0.220 e. The minimum atomic E-state index is -0.867. The number of hydrogen-bond donors (Lipinski definition) is 3. The highest BCUT2D eigenvalue weighted by atomic mass is 16.3. The van der Waals surface area contributed by atoms with Gasteiger partial charge in [-0.15, -0.1) is 0 Å². The number of unbranched alkanes of at least 4 members (excludes halogenated alkanes) is 30. The highest BCUT2D eigenvalue weighted by molar-refractivity contribution is 5.76. The minimum Gasteiger partial charge on any atom is -0.394 e. The summed E-state index contributed by atoms with van der Waals surface area (Å²) in [6.45, 7) is 4.30. The zero-order chi connectivity index (χ0) is 37.1. The largest absolute Gasteiger partial charge is 0.394 e. The Morgan fingerprint density at radius 1 is 0.451 bits per heavy atom. The van der Waals surface area contributed by atoms with Crippen molar-refractivity contribution in [1.82, 2.24) is 5.32 Å². The second-order valence-electron chi connectivity index (χ2n) is 15.5. The summed E-state index contributed by atoms with van der Waals surface area (Å²) < 4.78 is 0. The SMILES string of the molecule is CCCCCCCCC/C=C/CC/C=C/CC/C=C/C(O)C(CO)NC(=O)CCCCCCCCCCCCCCCCCCCCCCCC. The van der Waals surface area contributed by atoms with Crippen LogP contribution in [-0.2, 0) is 4.79 Å². The number of aliphatic hydroxyl groups is 2. The van der Waals surface area contributed by atoms with Gasteiger partial charge in [0.15, 0.2) is 0 Å². The molecule has 0 radical (unpaired) electrons. The lowest BCUT2D eigenvalue weighted by atomic mass is 10.0. The second kappa shape index (κ2) is 43.0. The van der Waals surface area contributed by atoms with E-state index in [0.29, 0.717) is 6.42 Å². The third kappa shape index (κ3) is 39.6. The lowest BCUT2D eigenvalue weighted by Gasteiger charge is -2.19. The predicted octanol–water partition coefficient (Wildman–Crippen LogP) is 14.2. The molecule has 0 spiro atoms. The number of nitrogens with one attached hydrogen (secondary N) is 1. The molecule has 4 heteroatoms. The molecule has 0 aromatic carbocycles. The molecule has 0 aliphatic heterocycles. The number of rotatable bonds is 41. The van der Waals surface area contributed by atoms with Crippen LogP contribution < -0.4 is 5.32 Å². The van der Waals surface area contributed by atoms with E-state index in [-0.39, 0.29) is 12.5 Å². The van der Waals surface area contributed by atoms with E-state index in [2.05, 4.69) is 43.5 Å². The van der Waals surface area contributed by atoms with Crippen LogP contribution in [-0.4, -0.2) is 34.9 Å². The molecule has 0 aromatic rings. The molecule has 51 heavy (non-hydrogen) atoms. The van der Waals surface area contributed by atoms with E-state index in [0.717, 1.165) is 38.5 Å². The summed E-state index contributed by atoms with van der Waals surface area (Å²) in [6.07, 6.45) is 56.9. The molecule has 0 heterocycles. The number of carbonyl (C=O) groups excluding carboxylic acids is 1. The van der Waals surface area contributed by atoms with Gasteiger partial charge in [-0.05, 0) is 44.9 Å². The van der Waals surface area contributed by atoms with E-state index in [1.54, 1.807) is 6.08 Å². The summed E-state index contributed by atoms with van der Waals surface area (Å²) >= 11 is 0. The van der Waals surface area contributed by atoms with Gasteiger partial charge in [0, 0.05) is 6.42 Å². The molecule has 0 aromatic heterocycles. The topological polar surface area (TPSA) is 69.6 Å². The first kappa shape index (κ1) is 49.6. The third-order valence-electron chi connectivity index (χ3n) is 10.4. The number of carbonyl (C=O) groups is 1. The van der Waals surface area contributed by atoms with Gasteiger partial charge in [-0.3, -0.25) is 4.79 Å². The molecule has 2 unspecified atom stereocenters. The van der Waals surface area contributed by atoms with Gasteiger partial charge >= 0.3 is 0 Å². The van der Waals surface area contributed by atoms with Gasteiger partial charge in [-0.1, -0.05) is 224 Å². The van der Waals surface area contributed by atoms with Crippen LogP contribution in [0, 0.1) is 0 Å². The number of aliphatic hydroxyl groups excluding tert-OH is 2. The van der Waals surface area contributed by atoms with Gasteiger partial charge in [0.1, 0.15) is 0 Å². The Morgan fingerprint density at radius 3 is 1.14 bits per heavy atom. The maximum Gasteiger partial charge on any atom is 0.220 e. The van der Waals surface area contributed by atoms with Gasteiger partial charge in [-0.2, -0.15) is 0 Å². The lowest BCUT2D eigenvalue weighted by Crippen LogP contribution is -2.45. The molecule has 0 aliphatic carbocycles. The molecule has 2 atom stereocenters. The van der Waals surface area contributed by atoms with E-state index in [9.17, 15) is 15.0 Å². The van der Waals surface area contributed by atoms with Crippen molar-refractivity contribution in [3.05, 3.63) is 36.5 Å². The average molecular weight is 716 g/mol. The zero-order valence-electron chi connectivity index (χ0n) is 34.4. The van der Waals surface area contributed by atoms with Crippen LogP contribution in [0.3, 0.4) is 0 Å². The first-order valence-corrected chi connectivity index (χ1v) is 22.7. The monoisotopic (exact) mass is 716 g/mol. The normalized spacial score (nSPS) is 13.3. The predicted molar refractivity (Wildman–Crippen MR) is 225 cm³/mol. The van der Waals surface area contributed by atoms with Crippen molar-refractivity contribution in [2.24, 2.45) is 0 Å². The highest BCUT2D eigenvalue weighted by Crippen LogP contribution is 2.16. The molecule has 0 aliphatic rings. The first-order valence-electron chi connectivity index (χ1n) is 22.7. The van der Waals surface area contributed by atoms with Crippen LogP contribution in [0.5, 0.6) is 0 Å². The Balaban J connectivity index is 3.58. The summed E-state index contributed by atoms with van der Waals surface area (Å²) in [5.74, 6) is -0.0749. The third-order valence-corrected chi connectivity index (χ3v) is 10.4. The van der Waals surface area contributed by atoms with Crippen molar-refractivity contribution in [2.75, 3.05) is 6.61 Å². The molecule has 0 fully saturated rings. The van der Waals surface area contributed by atoms with Crippen LogP contribution in [0.1, 0.15) is 239 Å². The summed E-state index contributed by atoms with van der Waals surface area (Å²) in [4.78, 5) is 12.4. The van der Waals surface area contributed by atoms with E-state index >= 15 is 0 Å². The minimum absolute atomic E-state index is 0.0749. The number of hydrogen-bond acceptors (Lipinski definition) is 3. The molecular weight excluding hydrogens is 627 g/mol. The molecule has 0 saturated heterocycles. The molecule has 4 nitrogen and oxygen atoms in total. The first-order chi connectivity index (χ1) is 25.2. The molecular formula is C47H89NO3. The molecule has 0 bridgehead atoms. The second-order valence-corrected chi connectivity index (χ2v) is 15.5. The van der Waals surface area contributed by atoms with Crippen molar-refractivity contribution < 1.29 is 15.0 Å². The summed E-state index contributed by atoms with van der Waals surface area (Å²) in [6, 6.07) is -0.642. The molecule has 0 rings (SSSR count). The van der Waals surface area contributed by atoms with Crippen LogP contribution >= 0.6 is 0 Å². The Bertz CT molecular complexity index is 775. The molecule has 3 N–H and O–H groups in total. The van der Waals surface area contributed by atoms with Crippen molar-refractivity contribution in [3.8, 4) is 0 Å². The van der Waals surface area contributed by atoms with Crippen molar-refractivity contribution in [3.63, 3.8) is 0 Å². The van der Waals surface area contributed by atoms with Crippen molar-refractivity contribution >= 4 is 5.91 Å². The van der Waals surface area contributed by atoms with Crippen molar-refractivity contribution in [2.45, 2.75) is 251 Å². The number of allylic oxidation sites excluding steroid dienone is 5. The lowest BCUT2D eigenvalue weighted by molar-refractivity contribution is -0.123. The quantitative estimate of drug-likeness (QED) is 0.0436. The maximum absolute atomic E-state index is 12.4. The van der Waals surface area contributed by atoms with Gasteiger partial charge in [0.05, 0.1) is 18.8 Å². The molecule has 300 valence electrons. The number of amides is 1. The van der Waals surface area contributed by atoms with Gasteiger partial charge in [0.2, 0.25) is 5.91 Å². The van der Waals surface area contributed by atoms with E-state index in [4.69, 9.17) is 0 Å². The molecule has 1 amide bonds. The fraction of sp³-hybridized carbons (Fsp3) is 0.851. The van der Waals surface area contributed by atoms with Gasteiger partial charge < -0.3 is 15.5 Å². The zero-order valence-corrected chi connectivity index (χ0v) is 34.4. The Hall–Kier alpha value is -1.39. The maximum atomic E-state index is 12.4. The van der Waals surface area contributed by atoms with Crippen LogP contribution in [0.2, 0.25) is 0 Å². The van der Waals surface area contributed by atoms with E-state index in [1.165, 1.54) is 180 Å². The van der Waals surface area contributed by atoms with Crippen LogP contribution in [0.4, 0.5) is 0 Å². The molecule has 0 saturated carbocycles. The van der Waals surface area contributed by atoms with E-state index < -0.39 is 12.1 Å². The Kier molecular flexibility index (Phi) is 41.8. The standard InChI is InChI=1S/C47H89NO3/c1-3-5-7-9-11-13-15-17-19-21-22-23-24-25-27-29-31-33-35-37-39-41-43-47(51)48-45(44-49)46(50)42-40-38-36-34-32-30-28-26-20-18-16-14-12-10-8-6-4-2/h20,26,32,34,40,42,45-46,49-50H,3-19,21-25,27-31,33,35-39,41,43-44H2,1-2H3,(H,48,51)/b26-20+,34-32+,42-40+. The summed E-state index contributed by atoms with van der Waals surface area (Å²) in [5.41, 5.74) is 0. The summed E-state index contributed by atoms with van der Waals surface area (Å²) in [5, 5.41) is 23.0. The van der Waals surface area contributed by atoms with Gasteiger partial charge in [-0.25, -0.2) is 0 Å². The average Bonchev–Trinajstić information content (AvgIpc) is 3.13. The van der Waals surface area contributed by atoms with Crippen molar-refractivity contribution in [1.29, 1.82) is 0 Å². The van der Waals surface area contributed by atoms with E-state index in [1.807, 2.05) is 6.08 Å². The Morgan fingerprint density at radius 2 is 0.765 bits per heavy atom. The fourth-order valence-corrected chi connectivity index (χ4v) is 6.86. The highest BCUT2D eigenvalue weighted by Gasteiger charge is 2.17.